The highest BCUT2D eigenvalue weighted by atomic mass is 32.2. The zero-order chi connectivity index (χ0) is 19.9. The van der Waals surface area contributed by atoms with Crippen LogP contribution in [0.2, 0.25) is 0 Å². The standard InChI is InChI=1S/C18H26N6O3S/c1-3-21-13-17(20-14(21)2)28(26,27)23-10-8-22(9-11-23)18(25)15-12-19-24-7-5-4-6-16(15)24/h12-13H,3-11H2,1-2H3. The number of carbonyl (C=O) groups excluding carboxylic acids is 1. The minimum absolute atomic E-state index is 0.0497. The number of carbonyl (C=O) groups is 1. The second kappa shape index (κ2) is 7.32. The van der Waals surface area contributed by atoms with E-state index < -0.39 is 10.0 Å². The maximum Gasteiger partial charge on any atom is 0.262 e. The first kappa shape index (κ1) is 19.1. The van der Waals surface area contributed by atoms with Gasteiger partial charge in [0.15, 0.2) is 5.03 Å². The Morgan fingerprint density at radius 3 is 2.57 bits per heavy atom. The van der Waals surface area contributed by atoms with Crippen molar-refractivity contribution in [3.05, 3.63) is 29.5 Å². The van der Waals surface area contributed by atoms with Gasteiger partial charge in [0.1, 0.15) is 5.82 Å². The highest BCUT2D eigenvalue weighted by molar-refractivity contribution is 7.89. The summed E-state index contributed by atoms with van der Waals surface area (Å²) < 4.78 is 31.0. The van der Waals surface area contributed by atoms with E-state index in [-0.39, 0.29) is 24.0 Å². The Kier molecular flexibility index (Phi) is 5.00. The summed E-state index contributed by atoms with van der Waals surface area (Å²) in [6.45, 7) is 6.57. The molecule has 0 atom stereocenters. The summed E-state index contributed by atoms with van der Waals surface area (Å²) in [7, 11) is -3.64. The third-order valence-electron chi connectivity index (χ3n) is 5.64. The van der Waals surface area contributed by atoms with Crippen molar-refractivity contribution in [1.82, 2.24) is 28.5 Å². The van der Waals surface area contributed by atoms with Crippen molar-refractivity contribution in [2.24, 2.45) is 0 Å². The van der Waals surface area contributed by atoms with E-state index in [2.05, 4.69) is 10.1 Å². The maximum absolute atomic E-state index is 12.9. The molecule has 0 aromatic carbocycles. The van der Waals surface area contributed by atoms with Crippen LogP contribution in [-0.4, -0.2) is 69.0 Å². The fraction of sp³-hybridized carbons (Fsp3) is 0.611. The van der Waals surface area contributed by atoms with Crippen LogP contribution in [0.4, 0.5) is 0 Å². The molecule has 0 saturated carbocycles. The normalized spacial score (nSPS) is 18.3. The summed E-state index contributed by atoms with van der Waals surface area (Å²) in [4.78, 5) is 18.9. The van der Waals surface area contributed by atoms with E-state index in [1.807, 2.05) is 16.2 Å². The van der Waals surface area contributed by atoms with Crippen LogP contribution in [-0.2, 0) is 29.5 Å². The Balaban J connectivity index is 1.45. The van der Waals surface area contributed by atoms with Gasteiger partial charge in [-0.15, -0.1) is 0 Å². The van der Waals surface area contributed by atoms with Crippen LogP contribution in [0.5, 0.6) is 0 Å². The molecule has 10 heteroatoms. The molecule has 0 bridgehead atoms. The zero-order valence-corrected chi connectivity index (χ0v) is 17.2. The lowest BCUT2D eigenvalue weighted by molar-refractivity contribution is 0.0696. The van der Waals surface area contributed by atoms with Crippen LogP contribution < -0.4 is 0 Å². The first-order chi connectivity index (χ1) is 13.4. The van der Waals surface area contributed by atoms with E-state index in [1.165, 1.54) is 4.31 Å². The lowest BCUT2D eigenvalue weighted by Gasteiger charge is -2.33. The summed E-state index contributed by atoms with van der Waals surface area (Å²) in [6.07, 6.45) is 6.27. The molecule has 0 spiro atoms. The monoisotopic (exact) mass is 406 g/mol. The number of amides is 1. The van der Waals surface area contributed by atoms with E-state index in [9.17, 15) is 13.2 Å². The van der Waals surface area contributed by atoms with Crippen molar-refractivity contribution >= 4 is 15.9 Å². The first-order valence-corrected chi connectivity index (χ1v) is 11.2. The second-order valence-electron chi connectivity index (χ2n) is 7.29. The first-order valence-electron chi connectivity index (χ1n) is 9.79. The minimum atomic E-state index is -3.64. The third kappa shape index (κ3) is 3.24. The van der Waals surface area contributed by atoms with Crippen LogP contribution in [0.15, 0.2) is 17.4 Å². The number of fused-ring (bicyclic) bond motifs is 1. The number of imidazole rings is 1. The SMILES string of the molecule is CCn1cc(S(=O)(=O)N2CCN(C(=O)c3cnn4c3CCCC4)CC2)nc1C. The molecule has 1 fully saturated rings. The minimum Gasteiger partial charge on any atom is -0.336 e. The van der Waals surface area contributed by atoms with Gasteiger partial charge < -0.3 is 9.47 Å². The molecule has 0 aliphatic carbocycles. The molecular weight excluding hydrogens is 380 g/mol. The summed E-state index contributed by atoms with van der Waals surface area (Å²) in [5.74, 6) is 0.632. The molecule has 2 aromatic heterocycles. The van der Waals surface area contributed by atoms with Crippen molar-refractivity contribution in [3.8, 4) is 0 Å². The Morgan fingerprint density at radius 1 is 1.14 bits per heavy atom. The van der Waals surface area contributed by atoms with Gasteiger partial charge >= 0.3 is 0 Å². The molecule has 4 rings (SSSR count). The molecule has 0 unspecified atom stereocenters. The molecule has 1 amide bonds. The molecule has 4 heterocycles. The molecule has 1 saturated heterocycles. The fourth-order valence-corrected chi connectivity index (χ4v) is 5.37. The predicted octanol–water partition coefficient (Wildman–Crippen LogP) is 0.891. The maximum atomic E-state index is 12.9. The smallest absolute Gasteiger partial charge is 0.262 e. The van der Waals surface area contributed by atoms with Crippen molar-refractivity contribution in [1.29, 1.82) is 0 Å². The predicted molar refractivity (Wildman–Crippen MR) is 102 cm³/mol. The van der Waals surface area contributed by atoms with Gasteiger partial charge in [0.25, 0.3) is 15.9 Å². The van der Waals surface area contributed by atoms with Gasteiger partial charge in [0, 0.05) is 45.5 Å². The fourth-order valence-electron chi connectivity index (χ4n) is 3.96. The largest absolute Gasteiger partial charge is 0.336 e. The number of nitrogens with zero attached hydrogens (tertiary/aromatic N) is 6. The van der Waals surface area contributed by atoms with Crippen molar-refractivity contribution in [3.63, 3.8) is 0 Å². The van der Waals surface area contributed by atoms with E-state index in [4.69, 9.17) is 0 Å². The van der Waals surface area contributed by atoms with Gasteiger partial charge in [-0.25, -0.2) is 13.4 Å². The summed E-state index contributed by atoms with van der Waals surface area (Å²) in [6, 6.07) is 0. The Morgan fingerprint density at radius 2 is 1.89 bits per heavy atom. The zero-order valence-electron chi connectivity index (χ0n) is 16.3. The van der Waals surface area contributed by atoms with Gasteiger partial charge in [-0.05, 0) is 33.1 Å². The summed E-state index contributed by atoms with van der Waals surface area (Å²) in [5.41, 5.74) is 1.67. The highest BCUT2D eigenvalue weighted by Crippen LogP contribution is 2.22. The van der Waals surface area contributed by atoms with Gasteiger partial charge in [-0.1, -0.05) is 0 Å². The molecule has 2 aliphatic rings. The van der Waals surface area contributed by atoms with E-state index in [1.54, 1.807) is 24.2 Å². The number of hydrogen-bond acceptors (Lipinski definition) is 5. The van der Waals surface area contributed by atoms with Crippen molar-refractivity contribution < 1.29 is 13.2 Å². The molecular formula is C18H26N6O3S. The number of aryl methyl sites for hydroxylation is 3. The number of hydrogen-bond donors (Lipinski definition) is 0. The molecule has 9 nitrogen and oxygen atoms in total. The molecule has 0 radical (unpaired) electrons. The average Bonchev–Trinajstić information content (AvgIpc) is 3.31. The van der Waals surface area contributed by atoms with Crippen LogP contribution in [0.1, 0.15) is 41.6 Å². The van der Waals surface area contributed by atoms with Gasteiger partial charge in [-0.2, -0.15) is 9.40 Å². The average molecular weight is 407 g/mol. The molecule has 2 aromatic rings. The molecule has 2 aliphatic heterocycles. The highest BCUT2D eigenvalue weighted by Gasteiger charge is 2.33. The topological polar surface area (TPSA) is 93.3 Å². The van der Waals surface area contributed by atoms with Crippen LogP contribution in [0, 0.1) is 6.92 Å². The quantitative estimate of drug-likeness (QED) is 0.752. The Hall–Kier alpha value is -2.20. The number of sulfonamides is 1. The lowest BCUT2D eigenvalue weighted by Crippen LogP contribution is -2.50. The van der Waals surface area contributed by atoms with Gasteiger partial charge in [0.2, 0.25) is 0 Å². The van der Waals surface area contributed by atoms with Gasteiger partial charge in [-0.3, -0.25) is 9.48 Å². The Bertz CT molecular complexity index is 985. The van der Waals surface area contributed by atoms with Crippen molar-refractivity contribution in [2.45, 2.75) is 51.2 Å². The van der Waals surface area contributed by atoms with Crippen LogP contribution in [0.25, 0.3) is 0 Å². The van der Waals surface area contributed by atoms with Crippen LogP contribution in [0.3, 0.4) is 0 Å². The Labute approximate surface area is 165 Å². The molecule has 28 heavy (non-hydrogen) atoms. The van der Waals surface area contributed by atoms with Crippen molar-refractivity contribution in [2.75, 3.05) is 26.2 Å². The van der Waals surface area contributed by atoms with E-state index >= 15 is 0 Å². The number of rotatable bonds is 4. The number of aromatic nitrogens is 4. The van der Waals surface area contributed by atoms with Gasteiger partial charge in [0.05, 0.1) is 17.5 Å². The second-order valence-corrected chi connectivity index (χ2v) is 9.18. The van der Waals surface area contributed by atoms with E-state index in [0.717, 1.165) is 31.5 Å². The summed E-state index contributed by atoms with van der Waals surface area (Å²) >= 11 is 0. The molecule has 0 N–H and O–H groups in total. The number of piperazine rings is 1. The summed E-state index contributed by atoms with van der Waals surface area (Å²) in [5, 5.41) is 4.42. The van der Waals surface area contributed by atoms with E-state index in [0.29, 0.717) is 31.0 Å². The van der Waals surface area contributed by atoms with Crippen LogP contribution >= 0.6 is 0 Å². The molecule has 152 valence electrons. The third-order valence-corrected chi connectivity index (χ3v) is 7.41. The lowest BCUT2D eigenvalue weighted by atomic mass is 10.1.